The molecule has 1 fully saturated rings. The summed E-state index contributed by atoms with van der Waals surface area (Å²) in [6, 6.07) is 13.2. The maximum Gasteiger partial charge on any atom is 0.119 e. The summed E-state index contributed by atoms with van der Waals surface area (Å²) in [6.07, 6.45) is 0.800. The number of β-amino-alcohol motifs (C(OH)–C–C–N with tert-alkyl or cyclic N) is 1. The summed E-state index contributed by atoms with van der Waals surface area (Å²) in [7, 11) is 1.62. The molecule has 2 aromatic rings. The van der Waals surface area contributed by atoms with Gasteiger partial charge in [0.1, 0.15) is 42.7 Å². The van der Waals surface area contributed by atoms with Crippen LogP contribution in [0.3, 0.4) is 0 Å². The van der Waals surface area contributed by atoms with Crippen molar-refractivity contribution < 1.29 is 24.4 Å². The molecule has 0 saturated carbocycles. The van der Waals surface area contributed by atoms with Gasteiger partial charge in [-0.15, -0.1) is 0 Å². The standard InChI is InChI=1S/C25H35ClN2O5/c1-18-13-24(7-8-25(18)26)33-17-21(30)15-28-11-9-19(10-12-28)27-14-20(29)16-32-23-5-3-22(31-2)4-6-23/h3-8,13,19-21,27,29-30H,9-12,14-17H2,1-2H3/t20-,21+/m0/s1. The van der Waals surface area contributed by atoms with Gasteiger partial charge in [0.15, 0.2) is 0 Å². The van der Waals surface area contributed by atoms with Gasteiger partial charge in [0.05, 0.1) is 7.11 Å². The van der Waals surface area contributed by atoms with Crippen molar-refractivity contribution in [2.75, 3.05) is 46.5 Å². The van der Waals surface area contributed by atoms with Crippen LogP contribution in [-0.4, -0.2) is 79.9 Å². The van der Waals surface area contributed by atoms with Gasteiger partial charge in [0.25, 0.3) is 0 Å². The summed E-state index contributed by atoms with van der Waals surface area (Å²) in [5.74, 6) is 2.19. The van der Waals surface area contributed by atoms with Gasteiger partial charge >= 0.3 is 0 Å². The molecule has 0 aliphatic carbocycles. The molecule has 2 atom stereocenters. The van der Waals surface area contributed by atoms with E-state index in [1.165, 1.54) is 0 Å². The van der Waals surface area contributed by atoms with Gasteiger partial charge in [-0.05, 0) is 80.9 Å². The van der Waals surface area contributed by atoms with Crippen molar-refractivity contribution in [3.63, 3.8) is 0 Å². The molecule has 3 N–H and O–H groups in total. The lowest BCUT2D eigenvalue weighted by Crippen LogP contribution is -2.47. The molecule has 2 aromatic carbocycles. The second kappa shape index (κ2) is 13.0. The molecule has 0 aromatic heterocycles. The molecule has 0 amide bonds. The predicted molar refractivity (Wildman–Crippen MR) is 130 cm³/mol. The van der Waals surface area contributed by atoms with Gasteiger partial charge < -0.3 is 34.6 Å². The molecule has 0 spiro atoms. The summed E-state index contributed by atoms with van der Waals surface area (Å²) in [6.45, 7) is 5.27. The Kier molecular flexibility index (Phi) is 10.1. The van der Waals surface area contributed by atoms with E-state index in [1.807, 2.05) is 43.3 Å². The number of hydrogen-bond acceptors (Lipinski definition) is 7. The number of methoxy groups -OCH3 is 1. The van der Waals surface area contributed by atoms with Crippen LogP contribution in [0, 0.1) is 6.92 Å². The minimum Gasteiger partial charge on any atom is -0.497 e. The Morgan fingerprint density at radius 1 is 0.970 bits per heavy atom. The van der Waals surface area contributed by atoms with Crippen molar-refractivity contribution in [2.45, 2.75) is 38.0 Å². The Balaban J connectivity index is 1.27. The lowest BCUT2D eigenvalue weighted by atomic mass is 10.0. The molecule has 1 saturated heterocycles. The van der Waals surface area contributed by atoms with E-state index < -0.39 is 12.2 Å². The maximum atomic E-state index is 10.3. The highest BCUT2D eigenvalue weighted by atomic mass is 35.5. The third kappa shape index (κ3) is 8.68. The Morgan fingerprint density at radius 2 is 1.58 bits per heavy atom. The third-order valence-corrected chi connectivity index (χ3v) is 6.20. The van der Waals surface area contributed by atoms with Crippen molar-refractivity contribution in [2.24, 2.45) is 0 Å². The number of nitrogens with one attached hydrogen (secondary N) is 1. The number of piperidine rings is 1. The number of halogens is 1. The zero-order valence-corrected chi connectivity index (χ0v) is 20.1. The number of rotatable bonds is 12. The van der Waals surface area contributed by atoms with Gasteiger partial charge in [-0.25, -0.2) is 0 Å². The highest BCUT2D eigenvalue weighted by molar-refractivity contribution is 6.31. The number of ether oxygens (including phenoxy) is 3. The van der Waals surface area contributed by atoms with Crippen LogP contribution in [0.5, 0.6) is 17.2 Å². The maximum absolute atomic E-state index is 10.3. The molecule has 1 heterocycles. The van der Waals surface area contributed by atoms with Crippen LogP contribution in [0.25, 0.3) is 0 Å². The Bertz CT molecular complexity index is 843. The Morgan fingerprint density at radius 3 is 2.24 bits per heavy atom. The average molecular weight is 479 g/mol. The predicted octanol–water partition coefficient (Wildman–Crippen LogP) is 2.89. The fourth-order valence-corrected chi connectivity index (χ4v) is 3.91. The van der Waals surface area contributed by atoms with Gasteiger partial charge in [-0.2, -0.15) is 0 Å². The van der Waals surface area contributed by atoms with E-state index in [0.29, 0.717) is 35.7 Å². The number of likely N-dealkylation sites (tertiary alicyclic amines) is 1. The summed E-state index contributed by atoms with van der Waals surface area (Å²) >= 11 is 6.03. The van der Waals surface area contributed by atoms with E-state index in [1.54, 1.807) is 13.2 Å². The van der Waals surface area contributed by atoms with Crippen molar-refractivity contribution in [1.29, 1.82) is 0 Å². The fourth-order valence-electron chi connectivity index (χ4n) is 3.80. The highest BCUT2D eigenvalue weighted by Gasteiger charge is 2.21. The average Bonchev–Trinajstić information content (AvgIpc) is 2.83. The van der Waals surface area contributed by atoms with E-state index in [4.69, 9.17) is 25.8 Å². The SMILES string of the molecule is COc1ccc(OC[C@@H](O)CNC2CCN(C[C@@H](O)COc3ccc(Cl)c(C)c3)CC2)cc1. The number of aliphatic hydroxyl groups excluding tert-OH is 2. The molecule has 7 nitrogen and oxygen atoms in total. The monoisotopic (exact) mass is 478 g/mol. The first-order chi connectivity index (χ1) is 15.9. The zero-order chi connectivity index (χ0) is 23.6. The van der Waals surface area contributed by atoms with Gasteiger partial charge in [0.2, 0.25) is 0 Å². The molecule has 1 aliphatic heterocycles. The number of aryl methyl sites for hydroxylation is 1. The van der Waals surface area contributed by atoms with Crippen LogP contribution in [0.1, 0.15) is 18.4 Å². The summed E-state index contributed by atoms with van der Waals surface area (Å²) < 4.78 is 16.5. The van der Waals surface area contributed by atoms with Crippen LogP contribution in [0.15, 0.2) is 42.5 Å². The highest BCUT2D eigenvalue weighted by Crippen LogP contribution is 2.21. The fraction of sp³-hybridized carbons (Fsp3) is 0.520. The molecular formula is C25H35ClN2O5. The van der Waals surface area contributed by atoms with Gasteiger partial charge in [-0.3, -0.25) is 0 Å². The van der Waals surface area contributed by atoms with Crippen molar-refractivity contribution in [1.82, 2.24) is 10.2 Å². The smallest absolute Gasteiger partial charge is 0.119 e. The van der Waals surface area contributed by atoms with Crippen molar-refractivity contribution in [3.05, 3.63) is 53.1 Å². The minimum absolute atomic E-state index is 0.234. The second-order valence-electron chi connectivity index (χ2n) is 8.50. The lowest BCUT2D eigenvalue weighted by Gasteiger charge is -2.33. The molecule has 8 heteroatoms. The molecule has 1 aliphatic rings. The van der Waals surface area contributed by atoms with E-state index in [-0.39, 0.29) is 13.2 Å². The molecule has 0 unspecified atom stereocenters. The number of benzene rings is 2. The van der Waals surface area contributed by atoms with E-state index >= 15 is 0 Å². The Hall–Kier alpha value is -2.03. The molecule has 0 bridgehead atoms. The third-order valence-electron chi connectivity index (χ3n) is 5.77. The molecule has 0 radical (unpaired) electrons. The normalized spacial score (nSPS) is 16.9. The quantitative estimate of drug-likeness (QED) is 0.432. The number of aliphatic hydroxyl groups is 2. The van der Waals surface area contributed by atoms with Gasteiger partial charge in [0, 0.05) is 24.2 Å². The van der Waals surface area contributed by atoms with Crippen LogP contribution in [0.2, 0.25) is 5.02 Å². The molecule has 182 valence electrons. The largest absolute Gasteiger partial charge is 0.497 e. The van der Waals surface area contributed by atoms with Crippen LogP contribution in [0.4, 0.5) is 0 Å². The van der Waals surface area contributed by atoms with E-state index in [9.17, 15) is 10.2 Å². The van der Waals surface area contributed by atoms with E-state index in [2.05, 4.69) is 10.2 Å². The Labute approximate surface area is 201 Å². The van der Waals surface area contributed by atoms with Crippen molar-refractivity contribution in [3.8, 4) is 17.2 Å². The summed E-state index contributed by atoms with van der Waals surface area (Å²) in [5.41, 5.74) is 0.954. The van der Waals surface area contributed by atoms with Crippen LogP contribution in [-0.2, 0) is 0 Å². The van der Waals surface area contributed by atoms with Gasteiger partial charge in [-0.1, -0.05) is 11.6 Å². The zero-order valence-electron chi connectivity index (χ0n) is 19.4. The summed E-state index contributed by atoms with van der Waals surface area (Å²) in [5, 5.41) is 24.7. The number of nitrogens with zero attached hydrogens (tertiary/aromatic N) is 1. The molecular weight excluding hydrogens is 444 g/mol. The topological polar surface area (TPSA) is 83.4 Å². The van der Waals surface area contributed by atoms with Crippen LogP contribution >= 0.6 is 11.6 Å². The lowest BCUT2D eigenvalue weighted by molar-refractivity contribution is 0.0556. The van der Waals surface area contributed by atoms with Crippen LogP contribution < -0.4 is 19.5 Å². The first-order valence-electron chi connectivity index (χ1n) is 11.4. The van der Waals surface area contributed by atoms with Crippen molar-refractivity contribution >= 4 is 11.6 Å². The molecule has 33 heavy (non-hydrogen) atoms. The summed E-state index contributed by atoms with van der Waals surface area (Å²) in [4.78, 5) is 2.25. The second-order valence-corrected chi connectivity index (χ2v) is 8.91. The first kappa shape index (κ1) is 25.6. The minimum atomic E-state index is -0.583. The van der Waals surface area contributed by atoms with E-state index in [0.717, 1.165) is 37.2 Å². The number of hydrogen-bond donors (Lipinski definition) is 3. The first-order valence-corrected chi connectivity index (χ1v) is 11.8. The molecule has 3 rings (SSSR count).